The van der Waals surface area contributed by atoms with Gasteiger partial charge in [0, 0.05) is 0 Å². The maximum absolute atomic E-state index is 12.9. The van der Waals surface area contributed by atoms with E-state index in [1.807, 2.05) is 13.8 Å². The van der Waals surface area contributed by atoms with Crippen molar-refractivity contribution in [2.75, 3.05) is 5.73 Å². The Morgan fingerprint density at radius 2 is 1.69 bits per heavy atom. The highest BCUT2D eigenvalue weighted by Crippen LogP contribution is 2.39. The van der Waals surface area contributed by atoms with Crippen molar-refractivity contribution in [2.24, 2.45) is 0 Å². The van der Waals surface area contributed by atoms with Crippen molar-refractivity contribution in [2.45, 2.75) is 26.9 Å². The third-order valence-electron chi connectivity index (χ3n) is 1.72. The number of nitrogens with two attached hydrogens (primary N) is 1. The Kier molecular flexibility index (Phi) is 5.06. The minimum Gasteiger partial charge on any atom is -0.396 e. The van der Waals surface area contributed by atoms with Gasteiger partial charge in [0.1, 0.15) is 0 Å². The summed E-state index contributed by atoms with van der Waals surface area (Å²) in [5.74, 6) is -1.23. The molecule has 0 radical (unpaired) electrons. The molecule has 1 aromatic rings. The number of hydrogen-bond donors (Lipinski definition) is 1. The van der Waals surface area contributed by atoms with Crippen molar-refractivity contribution in [1.82, 2.24) is 0 Å². The lowest BCUT2D eigenvalue weighted by Gasteiger charge is -2.13. The monoisotopic (exact) mass is 257 g/mol. The van der Waals surface area contributed by atoms with Gasteiger partial charge in [-0.1, -0.05) is 25.4 Å². The summed E-state index contributed by atoms with van der Waals surface area (Å²) < 4.78 is 49.9. The molecule has 1 aromatic carbocycles. The van der Waals surface area contributed by atoms with Gasteiger partial charge in [-0.3, -0.25) is 0 Å². The molecule has 0 saturated heterocycles. The minimum absolute atomic E-state index is 0.193. The second-order valence-corrected chi connectivity index (χ2v) is 3.16. The summed E-state index contributed by atoms with van der Waals surface area (Å²) >= 11 is 5.21. The van der Waals surface area contributed by atoms with Gasteiger partial charge in [-0.15, -0.1) is 0 Å². The minimum atomic E-state index is -4.67. The van der Waals surface area contributed by atoms with Crippen LogP contribution in [0, 0.1) is 12.7 Å². The maximum atomic E-state index is 12.9. The number of anilines is 1. The third-order valence-corrected chi connectivity index (χ3v) is 2.07. The van der Waals surface area contributed by atoms with E-state index in [9.17, 15) is 17.6 Å². The lowest BCUT2D eigenvalue weighted by molar-refractivity contribution is -0.138. The Morgan fingerprint density at radius 1 is 1.25 bits per heavy atom. The van der Waals surface area contributed by atoms with Crippen LogP contribution in [-0.4, -0.2) is 0 Å². The first-order chi connectivity index (χ1) is 7.25. The first-order valence-electron chi connectivity index (χ1n) is 4.56. The van der Waals surface area contributed by atoms with Crippen LogP contribution < -0.4 is 5.73 Å². The van der Waals surface area contributed by atoms with Gasteiger partial charge in [-0.05, 0) is 18.6 Å². The summed E-state index contributed by atoms with van der Waals surface area (Å²) in [5, 5.41) is -0.977. The molecule has 92 valence electrons. The van der Waals surface area contributed by atoms with Crippen molar-refractivity contribution in [1.29, 1.82) is 0 Å². The molecule has 6 heteroatoms. The SMILES string of the molecule is CC.Cc1cc(N)c(F)c(Cl)c1C(F)(F)F. The van der Waals surface area contributed by atoms with Crippen molar-refractivity contribution in [3.8, 4) is 0 Å². The summed E-state index contributed by atoms with van der Waals surface area (Å²) in [7, 11) is 0. The van der Waals surface area contributed by atoms with Crippen LogP contribution in [0.25, 0.3) is 0 Å². The number of nitrogen functional groups attached to an aromatic ring is 1. The van der Waals surface area contributed by atoms with Gasteiger partial charge in [0.05, 0.1) is 16.3 Å². The van der Waals surface area contributed by atoms with E-state index in [1.165, 1.54) is 6.92 Å². The fourth-order valence-electron chi connectivity index (χ4n) is 1.13. The number of benzene rings is 1. The highest BCUT2D eigenvalue weighted by molar-refractivity contribution is 6.32. The number of alkyl halides is 3. The van der Waals surface area contributed by atoms with Crippen LogP contribution in [0.15, 0.2) is 6.07 Å². The van der Waals surface area contributed by atoms with Crippen molar-refractivity contribution in [3.63, 3.8) is 0 Å². The van der Waals surface area contributed by atoms with Gasteiger partial charge in [-0.25, -0.2) is 4.39 Å². The standard InChI is InChI=1S/C8H6ClF4N.C2H6/c1-3-2-4(14)7(10)6(9)5(3)8(11,12)13;1-2/h2H,14H2,1H3;1-2H3. The summed E-state index contributed by atoms with van der Waals surface area (Å²) in [5.41, 5.74) is 3.35. The first kappa shape index (κ1) is 15.0. The Bertz CT molecular complexity index is 374. The van der Waals surface area contributed by atoms with E-state index in [4.69, 9.17) is 17.3 Å². The lowest BCUT2D eigenvalue weighted by Crippen LogP contribution is -2.10. The van der Waals surface area contributed by atoms with Crippen LogP contribution in [0.5, 0.6) is 0 Å². The van der Waals surface area contributed by atoms with E-state index in [0.717, 1.165) is 6.07 Å². The molecule has 0 aliphatic heterocycles. The third kappa shape index (κ3) is 3.01. The molecule has 16 heavy (non-hydrogen) atoms. The zero-order valence-corrected chi connectivity index (χ0v) is 9.80. The normalized spacial score (nSPS) is 10.8. The van der Waals surface area contributed by atoms with Crippen molar-refractivity contribution in [3.05, 3.63) is 28.0 Å². The number of halogens is 5. The van der Waals surface area contributed by atoms with Crippen LogP contribution in [0.1, 0.15) is 25.0 Å². The predicted octanol–water partition coefficient (Wildman–Crippen LogP) is 4.41. The Morgan fingerprint density at radius 3 is 2.06 bits per heavy atom. The molecule has 1 rings (SSSR count). The summed E-state index contributed by atoms with van der Waals surface area (Å²) in [6.07, 6.45) is -4.67. The highest BCUT2D eigenvalue weighted by Gasteiger charge is 2.36. The Labute approximate surface area is 96.2 Å². The van der Waals surface area contributed by atoms with Crippen LogP contribution >= 0.6 is 11.6 Å². The van der Waals surface area contributed by atoms with Gasteiger partial charge in [-0.2, -0.15) is 13.2 Å². The summed E-state index contributed by atoms with van der Waals surface area (Å²) in [4.78, 5) is 0. The fourth-order valence-corrected chi connectivity index (χ4v) is 1.49. The van der Waals surface area contributed by atoms with E-state index >= 15 is 0 Å². The van der Waals surface area contributed by atoms with Gasteiger partial charge < -0.3 is 5.73 Å². The summed E-state index contributed by atoms with van der Waals surface area (Å²) in [6, 6.07) is 0.907. The molecular formula is C10H12ClF4N. The average Bonchev–Trinajstić information content (AvgIpc) is 2.15. The van der Waals surface area contributed by atoms with Gasteiger partial charge in [0.25, 0.3) is 0 Å². The molecule has 0 aliphatic carbocycles. The Hall–Kier alpha value is -0.970. The number of rotatable bonds is 0. The first-order valence-corrected chi connectivity index (χ1v) is 4.94. The molecule has 0 spiro atoms. The quantitative estimate of drug-likeness (QED) is 0.540. The zero-order chi connectivity index (χ0) is 13.1. The van der Waals surface area contributed by atoms with Gasteiger partial charge in [0.2, 0.25) is 0 Å². The van der Waals surface area contributed by atoms with E-state index in [1.54, 1.807) is 0 Å². The topological polar surface area (TPSA) is 26.0 Å². The van der Waals surface area contributed by atoms with Crippen molar-refractivity contribution >= 4 is 17.3 Å². The van der Waals surface area contributed by atoms with E-state index in [0.29, 0.717) is 0 Å². The molecule has 0 atom stereocenters. The molecular weight excluding hydrogens is 246 g/mol. The largest absolute Gasteiger partial charge is 0.418 e. The lowest BCUT2D eigenvalue weighted by atomic mass is 10.1. The van der Waals surface area contributed by atoms with E-state index in [2.05, 4.69) is 0 Å². The Balaban J connectivity index is 0.00000106. The zero-order valence-electron chi connectivity index (χ0n) is 9.04. The highest BCUT2D eigenvalue weighted by atomic mass is 35.5. The molecule has 0 saturated carbocycles. The summed E-state index contributed by atoms with van der Waals surface area (Å²) in [6.45, 7) is 5.17. The molecule has 0 amide bonds. The second-order valence-electron chi connectivity index (χ2n) is 2.78. The van der Waals surface area contributed by atoms with E-state index < -0.39 is 22.6 Å². The molecule has 0 bridgehead atoms. The van der Waals surface area contributed by atoms with Crippen LogP contribution in [0.2, 0.25) is 5.02 Å². The number of hydrogen-bond acceptors (Lipinski definition) is 1. The van der Waals surface area contributed by atoms with E-state index in [-0.39, 0.29) is 11.3 Å². The second kappa shape index (κ2) is 5.39. The maximum Gasteiger partial charge on any atom is 0.418 e. The number of aryl methyl sites for hydroxylation is 1. The molecule has 2 N–H and O–H groups in total. The molecule has 0 fully saturated rings. The molecule has 0 aliphatic rings. The van der Waals surface area contributed by atoms with Crippen molar-refractivity contribution < 1.29 is 17.6 Å². The van der Waals surface area contributed by atoms with Crippen LogP contribution in [-0.2, 0) is 6.18 Å². The van der Waals surface area contributed by atoms with Crippen LogP contribution in [0.3, 0.4) is 0 Å². The predicted molar refractivity (Wildman–Crippen MR) is 56.9 cm³/mol. The van der Waals surface area contributed by atoms with Gasteiger partial charge in [0.15, 0.2) is 5.82 Å². The molecule has 0 unspecified atom stereocenters. The average molecular weight is 258 g/mol. The van der Waals surface area contributed by atoms with Crippen LogP contribution in [0.4, 0.5) is 23.2 Å². The fraction of sp³-hybridized carbons (Fsp3) is 0.400. The molecule has 1 nitrogen and oxygen atoms in total. The molecule has 0 heterocycles. The smallest absolute Gasteiger partial charge is 0.396 e. The molecule has 0 aromatic heterocycles. The van der Waals surface area contributed by atoms with Gasteiger partial charge >= 0.3 is 6.18 Å².